The Hall–Kier alpha value is -2.76. The van der Waals surface area contributed by atoms with E-state index in [0.717, 1.165) is 6.20 Å². The van der Waals surface area contributed by atoms with Crippen LogP contribution in [0.2, 0.25) is 0 Å². The normalized spacial score (nSPS) is 9.90. The van der Waals surface area contributed by atoms with E-state index in [-0.39, 0.29) is 11.5 Å². The van der Waals surface area contributed by atoms with E-state index in [4.69, 9.17) is 0 Å². The number of carbonyl (C=O) groups is 2. The smallest absolute Gasteiger partial charge is 0.258 e. The number of amides is 2. The highest BCUT2D eigenvalue weighted by Gasteiger charge is 2.11. The van der Waals surface area contributed by atoms with Gasteiger partial charge in [-0.25, -0.2) is 4.39 Å². The molecule has 0 saturated heterocycles. The fourth-order valence-electron chi connectivity index (χ4n) is 1.61. The van der Waals surface area contributed by atoms with E-state index in [0.29, 0.717) is 11.3 Å². The number of benzene rings is 1. The number of hydrogen-bond donors (Lipinski definition) is 2. The molecule has 0 aliphatic rings. The Labute approximate surface area is 114 Å². The molecule has 6 heteroatoms. The fraction of sp³-hybridized carbons (Fsp3) is 0.0714. The molecule has 0 atom stereocenters. The lowest BCUT2D eigenvalue weighted by atomic mass is 10.2. The zero-order valence-corrected chi connectivity index (χ0v) is 10.7. The average molecular weight is 273 g/mol. The van der Waals surface area contributed by atoms with Crippen molar-refractivity contribution >= 4 is 17.5 Å². The minimum Gasteiger partial charge on any atom is -0.355 e. The summed E-state index contributed by atoms with van der Waals surface area (Å²) in [5.74, 6) is -1.48. The van der Waals surface area contributed by atoms with Gasteiger partial charge in [0.05, 0.1) is 11.8 Å². The topological polar surface area (TPSA) is 71.1 Å². The summed E-state index contributed by atoms with van der Waals surface area (Å²) in [5.41, 5.74) is 0.856. The summed E-state index contributed by atoms with van der Waals surface area (Å²) in [6.07, 6.45) is 2.32. The largest absolute Gasteiger partial charge is 0.355 e. The van der Waals surface area contributed by atoms with Gasteiger partial charge >= 0.3 is 0 Å². The number of nitrogens with one attached hydrogen (secondary N) is 2. The predicted molar refractivity (Wildman–Crippen MR) is 72.0 cm³/mol. The van der Waals surface area contributed by atoms with Gasteiger partial charge in [-0.3, -0.25) is 14.6 Å². The number of hydrogen-bond acceptors (Lipinski definition) is 3. The van der Waals surface area contributed by atoms with Gasteiger partial charge in [0.15, 0.2) is 5.82 Å². The van der Waals surface area contributed by atoms with E-state index >= 15 is 0 Å². The van der Waals surface area contributed by atoms with Crippen LogP contribution in [-0.4, -0.2) is 23.8 Å². The van der Waals surface area contributed by atoms with Crippen molar-refractivity contribution in [3.05, 3.63) is 59.7 Å². The lowest BCUT2D eigenvalue weighted by Crippen LogP contribution is -2.18. The van der Waals surface area contributed by atoms with Crippen molar-refractivity contribution in [2.75, 3.05) is 12.4 Å². The van der Waals surface area contributed by atoms with Crippen LogP contribution < -0.4 is 10.6 Å². The molecule has 1 heterocycles. The maximum absolute atomic E-state index is 13.4. The van der Waals surface area contributed by atoms with Gasteiger partial charge in [-0.1, -0.05) is 0 Å². The van der Waals surface area contributed by atoms with Gasteiger partial charge < -0.3 is 10.6 Å². The van der Waals surface area contributed by atoms with Crippen LogP contribution in [0.1, 0.15) is 20.7 Å². The number of nitrogens with zero attached hydrogens (tertiary/aromatic N) is 1. The maximum atomic E-state index is 13.4. The van der Waals surface area contributed by atoms with Gasteiger partial charge in [0.2, 0.25) is 0 Å². The van der Waals surface area contributed by atoms with Crippen molar-refractivity contribution in [3.8, 4) is 0 Å². The molecule has 0 saturated carbocycles. The second-order valence-corrected chi connectivity index (χ2v) is 3.97. The quantitative estimate of drug-likeness (QED) is 0.896. The molecular formula is C14H12FN3O2. The minimum absolute atomic E-state index is 0.0876. The molecule has 0 aliphatic heterocycles. The lowest BCUT2D eigenvalue weighted by molar-refractivity contribution is 0.0962. The molecule has 1 aromatic carbocycles. The summed E-state index contributed by atoms with van der Waals surface area (Å²) in [5, 5.41) is 5.04. The first kappa shape index (κ1) is 13.7. The van der Waals surface area contributed by atoms with Crippen LogP contribution in [-0.2, 0) is 0 Å². The molecule has 0 spiro atoms. The number of aromatic nitrogens is 1. The summed E-state index contributed by atoms with van der Waals surface area (Å²) in [6, 6.07) is 7.57. The minimum atomic E-state index is -0.688. The van der Waals surface area contributed by atoms with Crippen LogP contribution in [0, 0.1) is 5.82 Å². The Balaban J connectivity index is 2.13. The predicted octanol–water partition coefficient (Wildman–Crippen LogP) is 1.83. The second kappa shape index (κ2) is 5.92. The van der Waals surface area contributed by atoms with Crippen LogP contribution in [0.3, 0.4) is 0 Å². The third-order valence-electron chi connectivity index (χ3n) is 2.65. The molecule has 0 radical (unpaired) electrons. The molecule has 2 aromatic rings. The van der Waals surface area contributed by atoms with Crippen LogP contribution in [0.4, 0.5) is 10.1 Å². The fourth-order valence-corrected chi connectivity index (χ4v) is 1.61. The first-order valence-corrected chi connectivity index (χ1v) is 5.85. The van der Waals surface area contributed by atoms with Crippen molar-refractivity contribution in [2.45, 2.75) is 0 Å². The van der Waals surface area contributed by atoms with E-state index in [2.05, 4.69) is 15.6 Å². The zero-order valence-electron chi connectivity index (χ0n) is 10.7. The Kier molecular flexibility index (Phi) is 4.05. The molecule has 0 fully saturated rings. The average Bonchev–Trinajstić information content (AvgIpc) is 2.47. The Morgan fingerprint density at radius 3 is 2.40 bits per heavy atom. The van der Waals surface area contributed by atoms with Gasteiger partial charge in [0.1, 0.15) is 0 Å². The Bertz CT molecular complexity index is 641. The number of carbonyl (C=O) groups excluding carboxylic acids is 2. The first-order chi connectivity index (χ1) is 9.61. The summed E-state index contributed by atoms with van der Waals surface area (Å²) < 4.78 is 13.4. The number of pyridine rings is 1. The highest BCUT2D eigenvalue weighted by Crippen LogP contribution is 2.12. The molecule has 102 valence electrons. The van der Waals surface area contributed by atoms with Crippen LogP contribution >= 0.6 is 0 Å². The third-order valence-corrected chi connectivity index (χ3v) is 2.65. The van der Waals surface area contributed by atoms with Crippen molar-refractivity contribution in [3.63, 3.8) is 0 Å². The first-order valence-electron chi connectivity index (χ1n) is 5.85. The summed E-state index contributed by atoms with van der Waals surface area (Å²) >= 11 is 0. The van der Waals surface area contributed by atoms with Gasteiger partial charge in [0, 0.05) is 24.5 Å². The molecule has 1 aromatic heterocycles. The maximum Gasteiger partial charge on any atom is 0.258 e. The van der Waals surface area contributed by atoms with Crippen molar-refractivity contribution in [1.29, 1.82) is 0 Å². The van der Waals surface area contributed by atoms with Crippen LogP contribution in [0.5, 0.6) is 0 Å². The molecular weight excluding hydrogens is 261 g/mol. The van der Waals surface area contributed by atoms with Crippen molar-refractivity contribution in [2.24, 2.45) is 0 Å². The van der Waals surface area contributed by atoms with E-state index in [1.54, 1.807) is 24.3 Å². The molecule has 2 N–H and O–H groups in total. The number of halogens is 1. The summed E-state index contributed by atoms with van der Waals surface area (Å²) in [4.78, 5) is 26.8. The SMILES string of the molecule is CNC(=O)c1ccc(NC(=O)c2ccncc2F)cc1. The highest BCUT2D eigenvalue weighted by molar-refractivity contribution is 6.04. The molecule has 20 heavy (non-hydrogen) atoms. The molecule has 2 amide bonds. The van der Waals surface area contributed by atoms with E-state index < -0.39 is 11.7 Å². The molecule has 5 nitrogen and oxygen atoms in total. The molecule has 2 rings (SSSR count). The van der Waals surface area contributed by atoms with Gasteiger partial charge in [-0.15, -0.1) is 0 Å². The number of anilines is 1. The van der Waals surface area contributed by atoms with Crippen LogP contribution in [0.15, 0.2) is 42.7 Å². The Morgan fingerprint density at radius 1 is 1.10 bits per heavy atom. The highest BCUT2D eigenvalue weighted by atomic mass is 19.1. The standard InChI is InChI=1S/C14H12FN3O2/c1-16-13(19)9-2-4-10(5-3-9)18-14(20)11-6-7-17-8-12(11)15/h2-8H,1H3,(H,16,19)(H,18,20). The lowest BCUT2D eigenvalue weighted by Gasteiger charge is -2.06. The van der Waals surface area contributed by atoms with Gasteiger partial charge in [-0.05, 0) is 30.3 Å². The van der Waals surface area contributed by atoms with E-state index in [1.807, 2.05) is 0 Å². The summed E-state index contributed by atoms with van der Waals surface area (Å²) in [7, 11) is 1.53. The third kappa shape index (κ3) is 2.97. The summed E-state index contributed by atoms with van der Waals surface area (Å²) in [6.45, 7) is 0. The van der Waals surface area contributed by atoms with E-state index in [9.17, 15) is 14.0 Å². The number of rotatable bonds is 3. The Morgan fingerprint density at radius 2 is 1.80 bits per heavy atom. The monoisotopic (exact) mass is 273 g/mol. The molecule has 0 unspecified atom stereocenters. The van der Waals surface area contributed by atoms with E-state index in [1.165, 1.54) is 19.3 Å². The van der Waals surface area contributed by atoms with Crippen molar-refractivity contribution < 1.29 is 14.0 Å². The van der Waals surface area contributed by atoms with Gasteiger partial charge in [-0.2, -0.15) is 0 Å². The second-order valence-electron chi connectivity index (χ2n) is 3.97. The van der Waals surface area contributed by atoms with Crippen LogP contribution in [0.25, 0.3) is 0 Å². The van der Waals surface area contributed by atoms with Gasteiger partial charge in [0.25, 0.3) is 11.8 Å². The van der Waals surface area contributed by atoms with Crippen molar-refractivity contribution in [1.82, 2.24) is 10.3 Å². The molecule has 0 aliphatic carbocycles. The zero-order chi connectivity index (χ0) is 14.5. The molecule has 0 bridgehead atoms.